The van der Waals surface area contributed by atoms with Crippen LogP contribution in [0.3, 0.4) is 0 Å². The zero-order valence-electron chi connectivity index (χ0n) is 10.3. The molecular formula is C14H19NO2. The van der Waals surface area contributed by atoms with Gasteiger partial charge in [0.1, 0.15) is 6.04 Å². The van der Waals surface area contributed by atoms with E-state index in [9.17, 15) is 9.90 Å². The molecule has 1 aromatic carbocycles. The van der Waals surface area contributed by atoms with Crippen LogP contribution in [0, 0.1) is 5.92 Å². The van der Waals surface area contributed by atoms with Crippen molar-refractivity contribution in [2.45, 2.75) is 32.4 Å². The third-order valence-electron chi connectivity index (χ3n) is 3.77. The normalized spacial score (nSPS) is 26.9. The van der Waals surface area contributed by atoms with Crippen LogP contribution in [0.4, 0.5) is 0 Å². The fraction of sp³-hybridized carbons (Fsp3) is 0.500. The number of carboxylic acid groups (broad SMARTS) is 1. The molecule has 0 radical (unpaired) electrons. The van der Waals surface area contributed by atoms with E-state index in [0.29, 0.717) is 0 Å². The van der Waals surface area contributed by atoms with E-state index in [-0.39, 0.29) is 18.0 Å². The van der Waals surface area contributed by atoms with Gasteiger partial charge in [0.2, 0.25) is 0 Å². The monoisotopic (exact) mass is 233 g/mol. The Morgan fingerprint density at radius 1 is 1.41 bits per heavy atom. The van der Waals surface area contributed by atoms with Crippen molar-refractivity contribution in [3.05, 3.63) is 35.9 Å². The first-order valence-corrected chi connectivity index (χ1v) is 6.14. The lowest BCUT2D eigenvalue weighted by Crippen LogP contribution is -2.40. The third kappa shape index (κ3) is 2.34. The number of hydrogen-bond acceptors (Lipinski definition) is 2. The van der Waals surface area contributed by atoms with E-state index >= 15 is 0 Å². The molecule has 0 aliphatic carbocycles. The molecule has 0 unspecified atom stereocenters. The number of carbonyl (C=O) groups is 1. The van der Waals surface area contributed by atoms with Gasteiger partial charge in [-0.2, -0.15) is 0 Å². The molecule has 1 aliphatic heterocycles. The summed E-state index contributed by atoms with van der Waals surface area (Å²) < 4.78 is 0. The molecule has 0 bridgehead atoms. The lowest BCUT2D eigenvalue weighted by atomic mass is 10.0. The summed E-state index contributed by atoms with van der Waals surface area (Å²) in [6, 6.07) is 9.94. The Labute approximate surface area is 102 Å². The lowest BCUT2D eigenvalue weighted by Gasteiger charge is -2.29. The second-order valence-electron chi connectivity index (χ2n) is 4.87. The molecule has 1 aliphatic rings. The molecule has 0 amide bonds. The maximum Gasteiger partial charge on any atom is 0.321 e. The van der Waals surface area contributed by atoms with E-state index in [0.717, 1.165) is 13.0 Å². The maximum absolute atomic E-state index is 11.3. The SMILES string of the molecule is C[C@H](c1ccccc1)N1CC[C@H](C)[C@@H]1C(=O)O. The molecule has 2 rings (SSSR count). The van der Waals surface area contributed by atoms with Crippen LogP contribution in [0.15, 0.2) is 30.3 Å². The minimum atomic E-state index is -0.696. The summed E-state index contributed by atoms with van der Waals surface area (Å²) in [4.78, 5) is 13.4. The van der Waals surface area contributed by atoms with E-state index in [1.807, 2.05) is 25.1 Å². The van der Waals surface area contributed by atoms with E-state index < -0.39 is 5.97 Å². The van der Waals surface area contributed by atoms with E-state index in [4.69, 9.17) is 0 Å². The Morgan fingerprint density at radius 2 is 2.06 bits per heavy atom. The van der Waals surface area contributed by atoms with Gasteiger partial charge in [-0.1, -0.05) is 37.3 Å². The molecule has 0 aromatic heterocycles. The summed E-state index contributed by atoms with van der Waals surface area (Å²) in [6.07, 6.45) is 0.966. The van der Waals surface area contributed by atoms with E-state index in [1.54, 1.807) is 0 Å². The van der Waals surface area contributed by atoms with Gasteiger partial charge in [0.05, 0.1) is 0 Å². The molecule has 1 fully saturated rings. The first kappa shape index (κ1) is 12.1. The number of benzene rings is 1. The topological polar surface area (TPSA) is 40.5 Å². The van der Waals surface area contributed by atoms with Crippen molar-refractivity contribution in [3.8, 4) is 0 Å². The van der Waals surface area contributed by atoms with Gasteiger partial charge >= 0.3 is 5.97 Å². The average molecular weight is 233 g/mol. The Kier molecular flexibility index (Phi) is 3.48. The number of carboxylic acids is 1. The Hall–Kier alpha value is -1.35. The van der Waals surface area contributed by atoms with Gasteiger partial charge in [-0.05, 0) is 31.4 Å². The highest BCUT2D eigenvalue weighted by atomic mass is 16.4. The Morgan fingerprint density at radius 3 is 2.65 bits per heavy atom. The van der Waals surface area contributed by atoms with Crippen LogP contribution >= 0.6 is 0 Å². The highest BCUT2D eigenvalue weighted by Gasteiger charge is 2.39. The van der Waals surface area contributed by atoms with Crippen LogP contribution in [0.1, 0.15) is 31.9 Å². The maximum atomic E-state index is 11.3. The van der Waals surface area contributed by atoms with Gasteiger partial charge in [-0.15, -0.1) is 0 Å². The number of nitrogens with zero attached hydrogens (tertiary/aromatic N) is 1. The van der Waals surface area contributed by atoms with Gasteiger partial charge in [-0.25, -0.2) is 0 Å². The van der Waals surface area contributed by atoms with Crippen LogP contribution in [0.2, 0.25) is 0 Å². The second-order valence-corrected chi connectivity index (χ2v) is 4.87. The summed E-state index contributed by atoms with van der Waals surface area (Å²) in [5.74, 6) is -0.462. The molecule has 1 saturated heterocycles. The molecule has 1 heterocycles. The lowest BCUT2D eigenvalue weighted by molar-refractivity contribution is -0.144. The first-order chi connectivity index (χ1) is 8.11. The highest BCUT2D eigenvalue weighted by molar-refractivity contribution is 5.74. The summed E-state index contributed by atoms with van der Waals surface area (Å²) in [6.45, 7) is 4.98. The predicted octanol–water partition coefficient (Wildman–Crippen LogP) is 2.54. The van der Waals surface area contributed by atoms with Crippen LogP contribution in [-0.4, -0.2) is 28.6 Å². The summed E-state index contributed by atoms with van der Waals surface area (Å²) >= 11 is 0. The van der Waals surface area contributed by atoms with Crippen LogP contribution in [-0.2, 0) is 4.79 Å². The van der Waals surface area contributed by atoms with Crippen molar-refractivity contribution < 1.29 is 9.90 Å². The number of aliphatic carboxylic acids is 1. The van der Waals surface area contributed by atoms with Gasteiger partial charge < -0.3 is 5.11 Å². The Bertz CT molecular complexity index is 390. The van der Waals surface area contributed by atoms with Crippen molar-refractivity contribution in [2.24, 2.45) is 5.92 Å². The number of rotatable bonds is 3. The fourth-order valence-electron chi connectivity index (χ4n) is 2.72. The van der Waals surface area contributed by atoms with E-state index in [1.165, 1.54) is 5.56 Å². The van der Waals surface area contributed by atoms with Gasteiger partial charge in [0.15, 0.2) is 0 Å². The molecule has 3 heteroatoms. The zero-order chi connectivity index (χ0) is 12.4. The summed E-state index contributed by atoms with van der Waals surface area (Å²) in [5.41, 5.74) is 1.19. The van der Waals surface area contributed by atoms with Crippen molar-refractivity contribution in [2.75, 3.05) is 6.54 Å². The molecular weight excluding hydrogens is 214 g/mol. The highest BCUT2D eigenvalue weighted by Crippen LogP contribution is 2.32. The smallest absolute Gasteiger partial charge is 0.321 e. The van der Waals surface area contributed by atoms with Crippen molar-refractivity contribution in [3.63, 3.8) is 0 Å². The largest absolute Gasteiger partial charge is 0.480 e. The van der Waals surface area contributed by atoms with Crippen LogP contribution in [0.25, 0.3) is 0 Å². The molecule has 17 heavy (non-hydrogen) atoms. The molecule has 0 spiro atoms. The molecule has 1 N–H and O–H groups in total. The van der Waals surface area contributed by atoms with Crippen LogP contribution < -0.4 is 0 Å². The first-order valence-electron chi connectivity index (χ1n) is 6.14. The molecule has 92 valence electrons. The Balaban J connectivity index is 2.20. The number of hydrogen-bond donors (Lipinski definition) is 1. The fourth-order valence-corrected chi connectivity index (χ4v) is 2.72. The van der Waals surface area contributed by atoms with Crippen LogP contribution in [0.5, 0.6) is 0 Å². The molecule has 3 atom stereocenters. The van der Waals surface area contributed by atoms with Crippen molar-refractivity contribution in [1.82, 2.24) is 4.90 Å². The average Bonchev–Trinajstić information content (AvgIpc) is 2.71. The van der Waals surface area contributed by atoms with Gasteiger partial charge in [0, 0.05) is 6.04 Å². The van der Waals surface area contributed by atoms with Gasteiger partial charge in [0.25, 0.3) is 0 Å². The molecule has 0 saturated carbocycles. The van der Waals surface area contributed by atoms with Gasteiger partial charge in [-0.3, -0.25) is 9.69 Å². The molecule has 1 aromatic rings. The third-order valence-corrected chi connectivity index (χ3v) is 3.77. The molecule has 3 nitrogen and oxygen atoms in total. The number of likely N-dealkylation sites (tertiary alicyclic amines) is 1. The second kappa shape index (κ2) is 4.88. The predicted molar refractivity (Wildman–Crippen MR) is 66.8 cm³/mol. The van der Waals surface area contributed by atoms with Crippen molar-refractivity contribution >= 4 is 5.97 Å². The standard InChI is InChI=1S/C14H19NO2/c1-10-8-9-15(13(10)14(16)17)11(2)12-6-4-3-5-7-12/h3-7,10-11,13H,8-9H2,1-2H3,(H,16,17)/t10-,11+,13+/m0/s1. The minimum Gasteiger partial charge on any atom is -0.480 e. The van der Waals surface area contributed by atoms with E-state index in [2.05, 4.69) is 24.0 Å². The quantitative estimate of drug-likeness (QED) is 0.872. The summed E-state index contributed by atoms with van der Waals surface area (Å²) in [5, 5.41) is 9.31. The van der Waals surface area contributed by atoms with Crippen molar-refractivity contribution in [1.29, 1.82) is 0 Å². The zero-order valence-corrected chi connectivity index (χ0v) is 10.3. The minimum absolute atomic E-state index is 0.169. The summed E-state index contributed by atoms with van der Waals surface area (Å²) in [7, 11) is 0.